The van der Waals surface area contributed by atoms with Crippen LogP contribution in [-0.2, 0) is 27.5 Å². The first-order valence-electron chi connectivity index (χ1n) is 23.8. The normalized spacial score (nSPS) is 16.4. The minimum Gasteiger partial charge on any atom is -0.384 e. The van der Waals surface area contributed by atoms with Gasteiger partial charge in [-0.2, -0.15) is 0 Å². The average Bonchev–Trinajstić information content (AvgIpc) is 3.86. The predicted molar refractivity (Wildman–Crippen MR) is 259 cm³/mol. The number of benzene rings is 1. The number of anilines is 3. The van der Waals surface area contributed by atoms with Crippen LogP contribution in [-0.4, -0.2) is 94.9 Å². The Labute approximate surface area is 401 Å². The van der Waals surface area contributed by atoms with Crippen LogP contribution >= 0.6 is 0 Å². The van der Waals surface area contributed by atoms with Crippen LogP contribution in [0.5, 0.6) is 0 Å². The molecule has 3 aliphatic rings. The maximum atomic E-state index is 13.7. The largest absolute Gasteiger partial charge is 0.384 e. The molecular weight excluding hydrogens is 875 g/mol. The van der Waals surface area contributed by atoms with Crippen LogP contribution in [0.2, 0.25) is 0 Å². The smallest absolute Gasteiger partial charge is 0.271 e. The lowest BCUT2D eigenvalue weighted by Crippen LogP contribution is -2.54. The molecule has 1 saturated heterocycles. The summed E-state index contributed by atoms with van der Waals surface area (Å²) in [5, 5.41) is 11.8. The van der Waals surface area contributed by atoms with E-state index in [0.29, 0.717) is 62.0 Å². The lowest BCUT2D eigenvalue weighted by molar-refractivity contribution is -0.136. The lowest BCUT2D eigenvalue weighted by Gasteiger charge is -2.34. The van der Waals surface area contributed by atoms with Crippen LogP contribution in [0, 0.1) is 25.7 Å². The summed E-state index contributed by atoms with van der Waals surface area (Å²) in [4.78, 5) is 97.7. The number of imide groups is 2. The van der Waals surface area contributed by atoms with Crippen LogP contribution < -0.4 is 21.3 Å². The summed E-state index contributed by atoms with van der Waals surface area (Å²) >= 11 is 0. The van der Waals surface area contributed by atoms with Gasteiger partial charge in [0.2, 0.25) is 23.7 Å². The number of aromatic nitrogens is 5. The molecule has 4 N–H and O–H groups in total. The zero-order valence-corrected chi connectivity index (χ0v) is 39.3. The number of unbranched alkanes of at least 4 members (excludes halogenated alkanes) is 6. The van der Waals surface area contributed by atoms with Gasteiger partial charge in [0, 0.05) is 86.2 Å². The fourth-order valence-corrected chi connectivity index (χ4v) is 8.98. The molecule has 0 saturated carbocycles. The van der Waals surface area contributed by atoms with Crippen LogP contribution in [0.15, 0.2) is 73.2 Å². The summed E-state index contributed by atoms with van der Waals surface area (Å²) in [6, 6.07) is 15.5. The van der Waals surface area contributed by atoms with Crippen molar-refractivity contribution in [3.8, 4) is 23.1 Å². The molecule has 4 aromatic heterocycles. The summed E-state index contributed by atoms with van der Waals surface area (Å²) < 4.78 is 2.01. The summed E-state index contributed by atoms with van der Waals surface area (Å²) in [7, 11) is 0. The van der Waals surface area contributed by atoms with E-state index in [1.54, 1.807) is 30.6 Å². The zero-order chi connectivity index (χ0) is 48.4. The second-order valence-electron chi connectivity index (χ2n) is 17.8. The average molecular weight is 932 g/mol. The predicted octanol–water partition coefficient (Wildman–Crippen LogP) is 6.63. The van der Waals surface area contributed by atoms with Crippen molar-refractivity contribution in [1.29, 1.82) is 0 Å². The minimum absolute atomic E-state index is 0.00462. The third-order valence-electron chi connectivity index (χ3n) is 12.6. The van der Waals surface area contributed by atoms with Crippen molar-refractivity contribution >= 4 is 52.8 Å². The molecule has 1 aromatic carbocycles. The van der Waals surface area contributed by atoms with E-state index in [0.717, 1.165) is 83.7 Å². The maximum absolute atomic E-state index is 13.7. The van der Waals surface area contributed by atoms with E-state index in [9.17, 15) is 28.8 Å². The number of nitrogens with zero attached hydrogens (tertiary/aromatic N) is 7. The number of rotatable bonds is 19. The topological polar surface area (TPSA) is 214 Å². The van der Waals surface area contributed by atoms with Crippen LogP contribution in [0.3, 0.4) is 0 Å². The number of aryl methyl sites for hydroxylation is 2. The van der Waals surface area contributed by atoms with Gasteiger partial charge in [0.05, 0.1) is 29.1 Å². The Morgan fingerprint density at radius 1 is 0.870 bits per heavy atom. The fourth-order valence-electron chi connectivity index (χ4n) is 8.98. The van der Waals surface area contributed by atoms with Gasteiger partial charge in [-0.3, -0.25) is 44.0 Å². The number of carbonyl (C=O) groups is 6. The van der Waals surface area contributed by atoms with Gasteiger partial charge in [-0.1, -0.05) is 50.2 Å². The number of nitrogens with one attached hydrogen (secondary N) is 4. The maximum Gasteiger partial charge on any atom is 0.271 e. The molecule has 7 heterocycles. The summed E-state index contributed by atoms with van der Waals surface area (Å²) in [5.74, 6) is 4.49. The second kappa shape index (κ2) is 21.9. The van der Waals surface area contributed by atoms with Crippen molar-refractivity contribution in [2.45, 2.75) is 117 Å². The van der Waals surface area contributed by atoms with Crippen LogP contribution in [0.1, 0.15) is 131 Å². The van der Waals surface area contributed by atoms with Crippen molar-refractivity contribution < 1.29 is 28.8 Å². The Hall–Kier alpha value is -7.74. The lowest BCUT2D eigenvalue weighted by atomic mass is 10.0. The highest BCUT2D eigenvalue weighted by Crippen LogP contribution is 2.33. The Morgan fingerprint density at radius 2 is 1.67 bits per heavy atom. The van der Waals surface area contributed by atoms with E-state index in [4.69, 9.17) is 4.98 Å². The van der Waals surface area contributed by atoms with Crippen molar-refractivity contribution in [1.82, 2.24) is 44.9 Å². The van der Waals surface area contributed by atoms with E-state index in [1.165, 1.54) is 0 Å². The summed E-state index contributed by atoms with van der Waals surface area (Å²) in [6.07, 6.45) is 13.4. The first-order chi connectivity index (χ1) is 33.4. The Morgan fingerprint density at radius 3 is 2.48 bits per heavy atom. The molecule has 1 fully saturated rings. The molecule has 3 aliphatic heterocycles. The molecule has 8 rings (SSSR count). The van der Waals surface area contributed by atoms with Crippen LogP contribution in [0.4, 0.5) is 17.3 Å². The highest BCUT2D eigenvalue weighted by Gasteiger charge is 2.45. The van der Waals surface area contributed by atoms with E-state index in [-0.39, 0.29) is 41.8 Å². The van der Waals surface area contributed by atoms with Gasteiger partial charge in [-0.15, -0.1) is 0 Å². The third-order valence-corrected chi connectivity index (χ3v) is 12.6. The van der Waals surface area contributed by atoms with Crippen molar-refractivity contribution in [2.24, 2.45) is 0 Å². The van der Waals surface area contributed by atoms with Crippen molar-refractivity contribution in [3.05, 3.63) is 113 Å². The molecule has 2 atom stereocenters. The van der Waals surface area contributed by atoms with Gasteiger partial charge in [-0.25, -0.2) is 15.0 Å². The van der Waals surface area contributed by atoms with Crippen molar-refractivity contribution in [3.63, 3.8) is 0 Å². The fraction of sp³-hybridized carbons (Fsp3) is 0.385. The number of fused-ring (bicyclic) bond motifs is 2. The Balaban J connectivity index is 0.706. The molecule has 6 amide bonds. The Kier molecular flexibility index (Phi) is 15.2. The van der Waals surface area contributed by atoms with Gasteiger partial charge >= 0.3 is 0 Å². The molecule has 2 unspecified atom stereocenters. The number of amides is 6. The SMILES string of the molecule is Cc1cccc(CN2C(=O)c3cc(-c4nc(Nc5ccnc(C#CCCNC(=O)CCCCCCCCCNc6cccc7c6C(=O)N(C6CCC(=O)NC6=O)C7=O)c5)ncc4C)cn3CC2C)n1. The van der Waals surface area contributed by atoms with Gasteiger partial charge in [0.25, 0.3) is 17.7 Å². The standard InChI is InChI=1S/C52H57N11O6/c1-33-29-56-52(60-47(33)36-27-43-50(68)62(35(3)30-61(43)31-36)32-39-17-13-15-34(2)57-39)58-38-23-26-53-37(28-38)16-10-12-25-55-44(64)20-9-7-5-4-6-8-11-24-54-41-19-14-18-40-46(41)51(69)63(49(40)67)42-21-22-45(65)59-48(42)66/h13-15,17-19,23,26-29,31,35,42,54H,4-9,11-12,20-22,24-25,30,32H2,1-3H3,(H,55,64)(H,59,65,66)(H,53,56,58,60). The molecule has 17 heteroatoms. The second-order valence-corrected chi connectivity index (χ2v) is 17.8. The molecule has 0 radical (unpaired) electrons. The monoisotopic (exact) mass is 931 g/mol. The summed E-state index contributed by atoms with van der Waals surface area (Å²) in [6.45, 7) is 8.14. The highest BCUT2D eigenvalue weighted by atomic mass is 16.2. The number of piperidine rings is 1. The van der Waals surface area contributed by atoms with E-state index >= 15 is 0 Å². The molecule has 17 nitrogen and oxygen atoms in total. The third kappa shape index (κ3) is 11.5. The van der Waals surface area contributed by atoms with Crippen LogP contribution in [0.25, 0.3) is 11.3 Å². The van der Waals surface area contributed by atoms with Gasteiger partial charge in [0.1, 0.15) is 17.4 Å². The molecule has 69 heavy (non-hydrogen) atoms. The van der Waals surface area contributed by atoms with Crippen molar-refractivity contribution in [2.75, 3.05) is 23.7 Å². The Bertz CT molecular complexity index is 2850. The number of pyridine rings is 2. The first-order valence-corrected chi connectivity index (χ1v) is 23.8. The molecule has 0 bridgehead atoms. The number of hydrogen-bond donors (Lipinski definition) is 4. The number of hydrogen-bond acceptors (Lipinski definition) is 12. The first kappa shape index (κ1) is 47.7. The van der Waals surface area contributed by atoms with E-state index in [2.05, 4.69) is 55.0 Å². The minimum atomic E-state index is -0.994. The van der Waals surface area contributed by atoms with Gasteiger partial charge in [0.15, 0.2) is 0 Å². The number of carbonyl (C=O) groups excluding carboxylic acids is 6. The molecule has 356 valence electrons. The molecule has 0 spiro atoms. The zero-order valence-electron chi connectivity index (χ0n) is 39.3. The van der Waals surface area contributed by atoms with E-state index < -0.39 is 29.7 Å². The van der Waals surface area contributed by atoms with Gasteiger partial charge in [-0.05, 0) is 94.0 Å². The van der Waals surface area contributed by atoms with Gasteiger partial charge < -0.3 is 25.4 Å². The molecule has 0 aliphatic carbocycles. The quantitative estimate of drug-likeness (QED) is 0.0390. The molecular formula is C52H57N11O6. The highest BCUT2D eigenvalue weighted by molar-refractivity contribution is 6.25. The van der Waals surface area contributed by atoms with E-state index in [1.807, 2.05) is 65.9 Å². The summed E-state index contributed by atoms with van der Waals surface area (Å²) in [5.41, 5.74) is 7.24. The molecule has 5 aromatic rings.